The minimum Gasteiger partial charge on any atom is -0.404 e. The highest BCUT2D eigenvalue weighted by atomic mass is 35.5. The average molecular weight is 181 g/mol. The standard InChI is InChI=1S/C9H9ClN2/c10-9(12)8(6-11)7-4-2-1-3-5-7/h1-6,12H,11H2. The van der Waals surface area contributed by atoms with Crippen LogP contribution in [0.1, 0.15) is 5.56 Å². The molecule has 0 aliphatic carbocycles. The SMILES string of the molecule is N=C(Cl)C(=CN)c1ccccc1. The third kappa shape index (κ3) is 1.86. The van der Waals surface area contributed by atoms with Gasteiger partial charge in [-0.25, -0.2) is 0 Å². The Kier molecular flexibility index (Phi) is 2.88. The molecular formula is C9H9ClN2. The summed E-state index contributed by atoms with van der Waals surface area (Å²) in [7, 11) is 0. The zero-order valence-electron chi connectivity index (χ0n) is 6.42. The first-order valence-electron chi connectivity index (χ1n) is 3.47. The summed E-state index contributed by atoms with van der Waals surface area (Å²) in [5, 5.41) is 7.17. The molecule has 0 unspecified atom stereocenters. The van der Waals surface area contributed by atoms with Crippen LogP contribution in [0.2, 0.25) is 0 Å². The summed E-state index contributed by atoms with van der Waals surface area (Å²) in [4.78, 5) is 0. The Bertz CT molecular complexity index is 304. The zero-order valence-corrected chi connectivity index (χ0v) is 7.18. The van der Waals surface area contributed by atoms with Gasteiger partial charge in [0.15, 0.2) is 0 Å². The Labute approximate surface area is 76.2 Å². The van der Waals surface area contributed by atoms with Gasteiger partial charge in [-0.3, -0.25) is 5.41 Å². The monoisotopic (exact) mass is 180 g/mol. The first-order chi connectivity index (χ1) is 5.75. The minimum atomic E-state index is -0.0382. The number of rotatable bonds is 2. The van der Waals surface area contributed by atoms with Gasteiger partial charge in [-0.1, -0.05) is 41.9 Å². The number of nitrogens with one attached hydrogen (secondary N) is 1. The van der Waals surface area contributed by atoms with Crippen molar-refractivity contribution in [3.05, 3.63) is 42.1 Å². The molecule has 3 heteroatoms. The molecule has 3 N–H and O–H groups in total. The van der Waals surface area contributed by atoms with E-state index in [4.69, 9.17) is 22.7 Å². The van der Waals surface area contributed by atoms with Crippen LogP contribution < -0.4 is 5.73 Å². The van der Waals surface area contributed by atoms with E-state index in [1.54, 1.807) is 0 Å². The van der Waals surface area contributed by atoms with Crippen molar-refractivity contribution in [2.45, 2.75) is 0 Å². The van der Waals surface area contributed by atoms with Gasteiger partial charge in [0.25, 0.3) is 0 Å². The second-order valence-electron chi connectivity index (χ2n) is 2.26. The van der Waals surface area contributed by atoms with E-state index in [-0.39, 0.29) is 5.17 Å². The third-order valence-corrected chi connectivity index (χ3v) is 1.69. The topological polar surface area (TPSA) is 49.9 Å². The van der Waals surface area contributed by atoms with Crippen LogP contribution in [0.15, 0.2) is 36.5 Å². The maximum Gasteiger partial charge on any atom is 0.130 e. The molecule has 0 amide bonds. The second-order valence-corrected chi connectivity index (χ2v) is 2.64. The van der Waals surface area contributed by atoms with Crippen molar-refractivity contribution in [3.63, 3.8) is 0 Å². The Morgan fingerprint density at radius 1 is 1.33 bits per heavy atom. The van der Waals surface area contributed by atoms with Crippen molar-refractivity contribution in [2.75, 3.05) is 0 Å². The van der Waals surface area contributed by atoms with E-state index in [0.29, 0.717) is 5.57 Å². The minimum absolute atomic E-state index is 0.0382. The molecule has 0 bridgehead atoms. The molecule has 62 valence electrons. The Hall–Kier alpha value is -1.28. The van der Waals surface area contributed by atoms with Crippen molar-refractivity contribution in [1.82, 2.24) is 0 Å². The maximum absolute atomic E-state index is 7.21. The van der Waals surface area contributed by atoms with E-state index in [9.17, 15) is 0 Å². The van der Waals surface area contributed by atoms with Gasteiger partial charge in [0.2, 0.25) is 0 Å². The number of hydrogen-bond acceptors (Lipinski definition) is 2. The third-order valence-electron chi connectivity index (χ3n) is 1.49. The molecule has 0 aliphatic rings. The lowest BCUT2D eigenvalue weighted by molar-refractivity contribution is 1.52. The summed E-state index contributed by atoms with van der Waals surface area (Å²) < 4.78 is 0. The van der Waals surface area contributed by atoms with E-state index in [0.717, 1.165) is 5.56 Å². The van der Waals surface area contributed by atoms with Gasteiger partial charge >= 0.3 is 0 Å². The van der Waals surface area contributed by atoms with Crippen LogP contribution in [-0.2, 0) is 0 Å². The van der Waals surface area contributed by atoms with E-state index in [1.807, 2.05) is 30.3 Å². The molecule has 0 fully saturated rings. The van der Waals surface area contributed by atoms with E-state index >= 15 is 0 Å². The second kappa shape index (κ2) is 3.93. The molecule has 1 aromatic rings. The number of benzene rings is 1. The van der Waals surface area contributed by atoms with E-state index < -0.39 is 0 Å². The summed E-state index contributed by atoms with van der Waals surface area (Å²) in [5.41, 5.74) is 6.73. The average Bonchev–Trinajstić information content (AvgIpc) is 2.07. The lowest BCUT2D eigenvalue weighted by Crippen LogP contribution is -1.95. The van der Waals surface area contributed by atoms with Crippen LogP contribution in [0.3, 0.4) is 0 Å². The first-order valence-corrected chi connectivity index (χ1v) is 3.85. The van der Waals surface area contributed by atoms with Crippen LogP contribution >= 0.6 is 11.6 Å². The van der Waals surface area contributed by atoms with Crippen LogP contribution in [0, 0.1) is 5.41 Å². The Morgan fingerprint density at radius 3 is 2.33 bits per heavy atom. The molecule has 1 aromatic carbocycles. The van der Waals surface area contributed by atoms with Crippen molar-refractivity contribution in [2.24, 2.45) is 5.73 Å². The lowest BCUT2D eigenvalue weighted by atomic mass is 10.1. The predicted octanol–water partition coefficient (Wildman–Crippen LogP) is 2.20. The molecule has 0 heterocycles. The van der Waals surface area contributed by atoms with Crippen molar-refractivity contribution in [1.29, 1.82) is 5.41 Å². The van der Waals surface area contributed by atoms with Crippen molar-refractivity contribution < 1.29 is 0 Å². The maximum atomic E-state index is 7.21. The first kappa shape index (κ1) is 8.81. The van der Waals surface area contributed by atoms with Gasteiger partial charge in [-0.2, -0.15) is 0 Å². The highest BCUT2D eigenvalue weighted by Crippen LogP contribution is 2.15. The molecule has 0 saturated heterocycles. The largest absolute Gasteiger partial charge is 0.404 e. The molecule has 0 saturated carbocycles. The Balaban J connectivity index is 3.05. The van der Waals surface area contributed by atoms with Gasteiger partial charge < -0.3 is 5.73 Å². The quantitative estimate of drug-likeness (QED) is 0.674. The van der Waals surface area contributed by atoms with Gasteiger partial charge in [-0.05, 0) is 5.56 Å². The van der Waals surface area contributed by atoms with Gasteiger partial charge in [0.1, 0.15) is 5.17 Å². The Morgan fingerprint density at radius 2 is 1.92 bits per heavy atom. The fourth-order valence-electron chi connectivity index (χ4n) is 0.914. The molecule has 0 aliphatic heterocycles. The molecule has 2 nitrogen and oxygen atoms in total. The molecule has 0 aromatic heterocycles. The van der Waals surface area contributed by atoms with Crippen molar-refractivity contribution >= 4 is 22.3 Å². The number of allylic oxidation sites excluding steroid dienone is 1. The summed E-state index contributed by atoms with van der Waals surface area (Å²) in [6, 6.07) is 9.36. The van der Waals surface area contributed by atoms with E-state index in [1.165, 1.54) is 6.20 Å². The summed E-state index contributed by atoms with van der Waals surface area (Å²) in [5.74, 6) is 0. The fourth-order valence-corrected chi connectivity index (χ4v) is 1.09. The highest BCUT2D eigenvalue weighted by molar-refractivity contribution is 6.75. The molecule has 0 spiro atoms. The van der Waals surface area contributed by atoms with Crippen molar-refractivity contribution in [3.8, 4) is 0 Å². The van der Waals surface area contributed by atoms with Gasteiger partial charge in [-0.15, -0.1) is 0 Å². The van der Waals surface area contributed by atoms with Gasteiger partial charge in [0, 0.05) is 11.8 Å². The highest BCUT2D eigenvalue weighted by Gasteiger charge is 2.02. The number of nitrogens with two attached hydrogens (primary N) is 1. The van der Waals surface area contributed by atoms with Crippen LogP contribution in [0.4, 0.5) is 0 Å². The molecule has 0 radical (unpaired) electrons. The molecular weight excluding hydrogens is 172 g/mol. The van der Waals surface area contributed by atoms with Crippen LogP contribution in [-0.4, -0.2) is 5.17 Å². The summed E-state index contributed by atoms with van der Waals surface area (Å²) in [6.45, 7) is 0. The smallest absolute Gasteiger partial charge is 0.130 e. The normalized spacial score (nSPS) is 11.2. The molecule has 0 atom stereocenters. The number of halogens is 1. The fraction of sp³-hybridized carbons (Fsp3) is 0. The van der Waals surface area contributed by atoms with Crippen LogP contribution in [0.5, 0.6) is 0 Å². The molecule has 1 rings (SSSR count). The van der Waals surface area contributed by atoms with Crippen LogP contribution in [0.25, 0.3) is 5.57 Å². The van der Waals surface area contributed by atoms with Gasteiger partial charge in [0.05, 0.1) is 0 Å². The summed E-state index contributed by atoms with van der Waals surface area (Å²) >= 11 is 5.51. The number of hydrogen-bond donors (Lipinski definition) is 2. The molecule has 12 heavy (non-hydrogen) atoms. The van der Waals surface area contributed by atoms with E-state index in [2.05, 4.69) is 0 Å². The lowest BCUT2D eigenvalue weighted by Gasteiger charge is -2.01. The predicted molar refractivity (Wildman–Crippen MR) is 52.2 cm³/mol. The summed E-state index contributed by atoms with van der Waals surface area (Å²) in [6.07, 6.45) is 1.34. The zero-order chi connectivity index (χ0) is 8.97.